The molecule has 0 aliphatic rings. The molecule has 0 spiro atoms. The SMILES string of the molecule is CCc1ccccc1NC(=O)COc1cccn2cc(C)nc12. The maximum Gasteiger partial charge on any atom is 0.262 e. The van der Waals surface area contributed by atoms with Crippen LogP contribution in [-0.4, -0.2) is 21.9 Å². The van der Waals surface area contributed by atoms with E-state index in [0.717, 1.165) is 23.4 Å². The van der Waals surface area contributed by atoms with Crippen molar-refractivity contribution in [2.45, 2.75) is 20.3 Å². The summed E-state index contributed by atoms with van der Waals surface area (Å²) in [6.07, 6.45) is 4.68. The smallest absolute Gasteiger partial charge is 0.262 e. The second-order valence-electron chi connectivity index (χ2n) is 5.33. The van der Waals surface area contributed by atoms with Gasteiger partial charge in [-0.1, -0.05) is 25.1 Å². The summed E-state index contributed by atoms with van der Waals surface area (Å²) in [6, 6.07) is 11.5. The minimum absolute atomic E-state index is 0.0520. The fourth-order valence-corrected chi connectivity index (χ4v) is 2.50. The molecule has 0 saturated heterocycles. The molecule has 5 heteroatoms. The number of anilines is 1. The van der Waals surface area contributed by atoms with Crippen molar-refractivity contribution in [3.05, 3.63) is 60.0 Å². The molecule has 0 aliphatic carbocycles. The van der Waals surface area contributed by atoms with Gasteiger partial charge in [-0.15, -0.1) is 0 Å². The third-order valence-electron chi connectivity index (χ3n) is 3.60. The first-order valence-corrected chi connectivity index (χ1v) is 7.62. The lowest BCUT2D eigenvalue weighted by atomic mass is 10.1. The number of carbonyl (C=O) groups is 1. The number of hydrogen-bond donors (Lipinski definition) is 1. The van der Waals surface area contributed by atoms with Crippen molar-refractivity contribution in [3.8, 4) is 5.75 Å². The van der Waals surface area contributed by atoms with Crippen molar-refractivity contribution >= 4 is 17.2 Å². The van der Waals surface area contributed by atoms with Crippen molar-refractivity contribution in [2.24, 2.45) is 0 Å². The number of carbonyl (C=O) groups excluding carboxylic acids is 1. The molecule has 5 nitrogen and oxygen atoms in total. The van der Waals surface area contributed by atoms with Crippen LogP contribution in [0.15, 0.2) is 48.8 Å². The zero-order valence-electron chi connectivity index (χ0n) is 13.2. The highest BCUT2D eigenvalue weighted by Crippen LogP contribution is 2.19. The minimum atomic E-state index is -0.184. The Morgan fingerprint density at radius 2 is 2.09 bits per heavy atom. The van der Waals surface area contributed by atoms with Gasteiger partial charge in [0.25, 0.3) is 5.91 Å². The number of nitrogens with one attached hydrogen (secondary N) is 1. The number of ether oxygens (including phenoxy) is 1. The molecule has 118 valence electrons. The van der Waals surface area contributed by atoms with Crippen LogP contribution in [-0.2, 0) is 11.2 Å². The Kier molecular flexibility index (Phi) is 4.28. The summed E-state index contributed by atoms with van der Waals surface area (Å²) in [5.41, 5.74) is 3.56. The molecule has 2 aromatic heterocycles. The van der Waals surface area contributed by atoms with Crippen LogP contribution >= 0.6 is 0 Å². The Morgan fingerprint density at radius 3 is 2.91 bits per heavy atom. The van der Waals surface area contributed by atoms with Gasteiger partial charge >= 0.3 is 0 Å². The van der Waals surface area contributed by atoms with Crippen LogP contribution in [0.4, 0.5) is 5.69 Å². The van der Waals surface area contributed by atoms with Crippen molar-refractivity contribution in [2.75, 3.05) is 11.9 Å². The van der Waals surface area contributed by atoms with Crippen molar-refractivity contribution in [3.63, 3.8) is 0 Å². The van der Waals surface area contributed by atoms with E-state index in [1.165, 1.54) is 0 Å². The van der Waals surface area contributed by atoms with Gasteiger partial charge < -0.3 is 14.5 Å². The highest BCUT2D eigenvalue weighted by atomic mass is 16.5. The largest absolute Gasteiger partial charge is 0.480 e. The van der Waals surface area contributed by atoms with Gasteiger partial charge in [-0.3, -0.25) is 4.79 Å². The van der Waals surface area contributed by atoms with Crippen LogP contribution in [0.2, 0.25) is 0 Å². The van der Waals surface area contributed by atoms with E-state index in [4.69, 9.17) is 4.74 Å². The molecule has 1 aromatic carbocycles. The van der Waals surface area contributed by atoms with E-state index in [2.05, 4.69) is 17.2 Å². The number of pyridine rings is 1. The van der Waals surface area contributed by atoms with Crippen LogP contribution in [0.25, 0.3) is 5.65 Å². The summed E-state index contributed by atoms with van der Waals surface area (Å²) in [7, 11) is 0. The molecule has 3 aromatic rings. The predicted octanol–water partition coefficient (Wildman–Crippen LogP) is 3.22. The Morgan fingerprint density at radius 1 is 1.26 bits per heavy atom. The molecule has 0 unspecified atom stereocenters. The van der Waals surface area contributed by atoms with Gasteiger partial charge in [0.2, 0.25) is 0 Å². The molecule has 0 saturated carbocycles. The molecule has 2 heterocycles. The second-order valence-corrected chi connectivity index (χ2v) is 5.33. The van der Waals surface area contributed by atoms with Gasteiger partial charge in [0.1, 0.15) is 0 Å². The molecule has 1 N–H and O–H groups in total. The summed E-state index contributed by atoms with van der Waals surface area (Å²) in [5.74, 6) is 0.413. The van der Waals surface area contributed by atoms with Crippen LogP contribution in [0.1, 0.15) is 18.2 Å². The van der Waals surface area contributed by atoms with Crippen LogP contribution in [0, 0.1) is 6.92 Å². The monoisotopic (exact) mass is 309 g/mol. The molecule has 0 fully saturated rings. The summed E-state index contributed by atoms with van der Waals surface area (Å²) < 4.78 is 7.53. The van der Waals surface area contributed by atoms with E-state index in [9.17, 15) is 4.79 Å². The topological polar surface area (TPSA) is 55.6 Å². The Labute approximate surface area is 134 Å². The lowest BCUT2D eigenvalue weighted by molar-refractivity contribution is -0.118. The number of fused-ring (bicyclic) bond motifs is 1. The fraction of sp³-hybridized carbons (Fsp3) is 0.222. The molecule has 23 heavy (non-hydrogen) atoms. The number of amides is 1. The summed E-state index contributed by atoms with van der Waals surface area (Å²) in [6.45, 7) is 3.93. The molecule has 3 rings (SSSR count). The number of aromatic nitrogens is 2. The highest BCUT2D eigenvalue weighted by Gasteiger charge is 2.09. The summed E-state index contributed by atoms with van der Waals surface area (Å²) in [5, 5.41) is 2.89. The number of nitrogens with zero attached hydrogens (tertiary/aromatic N) is 2. The number of benzene rings is 1. The van der Waals surface area contributed by atoms with Crippen molar-refractivity contribution in [1.82, 2.24) is 9.38 Å². The third kappa shape index (κ3) is 3.34. The van der Waals surface area contributed by atoms with Gasteiger partial charge in [0.15, 0.2) is 18.0 Å². The molecule has 0 bridgehead atoms. The van der Waals surface area contributed by atoms with Gasteiger partial charge in [-0.05, 0) is 37.1 Å². The van der Waals surface area contributed by atoms with E-state index in [1.54, 1.807) is 0 Å². The maximum atomic E-state index is 12.1. The number of aryl methyl sites for hydroxylation is 2. The number of imidazole rings is 1. The number of hydrogen-bond acceptors (Lipinski definition) is 3. The standard InChI is InChI=1S/C18H19N3O2/c1-3-14-7-4-5-8-15(14)20-17(22)12-23-16-9-6-10-21-11-13(2)19-18(16)21/h4-11H,3,12H2,1-2H3,(H,20,22). The lowest BCUT2D eigenvalue weighted by Gasteiger charge is -2.11. The molecular formula is C18H19N3O2. The first kappa shape index (κ1) is 15.1. The Balaban J connectivity index is 1.69. The third-order valence-corrected chi connectivity index (χ3v) is 3.60. The highest BCUT2D eigenvalue weighted by molar-refractivity contribution is 5.92. The Hall–Kier alpha value is -2.82. The van der Waals surface area contributed by atoms with Crippen LogP contribution in [0.3, 0.4) is 0 Å². The Bertz CT molecular complexity index is 839. The minimum Gasteiger partial charge on any atom is -0.480 e. The molecule has 0 aliphatic heterocycles. The van der Waals surface area contributed by atoms with Crippen molar-refractivity contribution < 1.29 is 9.53 Å². The van der Waals surface area contributed by atoms with Crippen molar-refractivity contribution in [1.29, 1.82) is 0 Å². The van der Waals surface area contributed by atoms with Gasteiger partial charge in [-0.2, -0.15) is 0 Å². The summed E-state index contributed by atoms with van der Waals surface area (Å²) in [4.78, 5) is 16.5. The van der Waals surface area contributed by atoms with E-state index < -0.39 is 0 Å². The van der Waals surface area contributed by atoms with Gasteiger partial charge in [0.05, 0.1) is 5.69 Å². The first-order valence-electron chi connectivity index (χ1n) is 7.62. The second kappa shape index (κ2) is 6.52. The molecular weight excluding hydrogens is 290 g/mol. The van der Waals surface area contributed by atoms with Gasteiger partial charge in [0, 0.05) is 18.1 Å². The zero-order chi connectivity index (χ0) is 16.2. The first-order chi connectivity index (χ1) is 11.2. The quantitative estimate of drug-likeness (QED) is 0.787. The normalized spacial score (nSPS) is 10.7. The number of para-hydroxylation sites is 1. The maximum absolute atomic E-state index is 12.1. The molecule has 1 amide bonds. The van der Waals surface area contributed by atoms with E-state index in [1.807, 2.05) is 60.1 Å². The average molecular weight is 309 g/mol. The average Bonchev–Trinajstić information content (AvgIpc) is 2.94. The van der Waals surface area contributed by atoms with Crippen LogP contribution in [0.5, 0.6) is 5.75 Å². The van der Waals surface area contributed by atoms with E-state index in [-0.39, 0.29) is 12.5 Å². The summed E-state index contributed by atoms with van der Waals surface area (Å²) >= 11 is 0. The molecule has 0 atom stereocenters. The molecule has 0 radical (unpaired) electrons. The number of rotatable bonds is 5. The zero-order valence-corrected chi connectivity index (χ0v) is 13.2. The van der Waals surface area contributed by atoms with E-state index >= 15 is 0 Å². The fourth-order valence-electron chi connectivity index (χ4n) is 2.50. The van der Waals surface area contributed by atoms with Crippen LogP contribution < -0.4 is 10.1 Å². The van der Waals surface area contributed by atoms with Gasteiger partial charge in [-0.25, -0.2) is 4.98 Å². The van der Waals surface area contributed by atoms with E-state index in [0.29, 0.717) is 11.4 Å². The lowest BCUT2D eigenvalue weighted by Crippen LogP contribution is -2.21. The predicted molar refractivity (Wildman–Crippen MR) is 89.9 cm³/mol.